The summed E-state index contributed by atoms with van der Waals surface area (Å²) in [7, 11) is 0. The number of hydrogen-bond acceptors (Lipinski definition) is 4. The molecule has 1 aromatic heterocycles. The van der Waals surface area contributed by atoms with Crippen LogP contribution >= 0.6 is 11.3 Å². The molecule has 2 heterocycles. The topological polar surface area (TPSA) is 43.8 Å². The van der Waals surface area contributed by atoms with Crippen molar-refractivity contribution in [2.75, 3.05) is 32.7 Å². The van der Waals surface area contributed by atoms with Crippen molar-refractivity contribution in [2.24, 2.45) is 5.92 Å². The highest BCUT2D eigenvalue weighted by Crippen LogP contribution is 2.46. The minimum absolute atomic E-state index is 0.261. The molecule has 1 atom stereocenters. The van der Waals surface area contributed by atoms with E-state index in [1.807, 2.05) is 11.3 Å². The molecule has 1 unspecified atom stereocenters. The summed E-state index contributed by atoms with van der Waals surface area (Å²) in [6.45, 7) is 4.83. The lowest BCUT2D eigenvalue weighted by atomic mass is 10.1. The summed E-state index contributed by atoms with van der Waals surface area (Å²) in [6, 6.07) is 5.03. The van der Waals surface area contributed by atoms with Crippen molar-refractivity contribution >= 4 is 17.3 Å². The van der Waals surface area contributed by atoms with Gasteiger partial charge in [0.15, 0.2) is 0 Å². The van der Waals surface area contributed by atoms with E-state index in [0.29, 0.717) is 12.6 Å². The average molecular weight is 294 g/mol. The number of carbonyl (C=O) groups is 1. The van der Waals surface area contributed by atoms with Gasteiger partial charge in [-0.05, 0) is 30.2 Å². The van der Waals surface area contributed by atoms with Crippen molar-refractivity contribution in [1.29, 1.82) is 0 Å². The van der Waals surface area contributed by atoms with Crippen LogP contribution in [-0.2, 0) is 4.79 Å². The highest BCUT2D eigenvalue weighted by molar-refractivity contribution is 7.10. The van der Waals surface area contributed by atoms with Crippen LogP contribution in [0.15, 0.2) is 17.5 Å². The smallest absolute Gasteiger partial charge is 0.304 e. The SMILES string of the molecule is O=C(O)CCN1CCN(C(c2cccs2)C2CC2)CC1. The van der Waals surface area contributed by atoms with Crippen molar-refractivity contribution in [3.8, 4) is 0 Å². The van der Waals surface area contributed by atoms with Gasteiger partial charge in [0, 0.05) is 43.6 Å². The van der Waals surface area contributed by atoms with Gasteiger partial charge >= 0.3 is 5.97 Å². The standard InChI is InChI=1S/C15H22N2O2S/c18-14(19)5-6-16-7-9-17(10-8-16)15(12-3-4-12)13-2-1-11-20-13/h1-2,11-12,15H,3-10H2,(H,18,19). The predicted molar refractivity (Wildman–Crippen MR) is 80.0 cm³/mol. The summed E-state index contributed by atoms with van der Waals surface area (Å²) >= 11 is 1.87. The quantitative estimate of drug-likeness (QED) is 0.874. The maximum atomic E-state index is 10.6. The molecule has 5 heteroatoms. The van der Waals surface area contributed by atoms with E-state index in [1.54, 1.807) is 0 Å². The van der Waals surface area contributed by atoms with Crippen molar-refractivity contribution < 1.29 is 9.90 Å². The maximum Gasteiger partial charge on any atom is 0.304 e. The zero-order valence-electron chi connectivity index (χ0n) is 11.7. The predicted octanol–water partition coefficient (Wildman–Crippen LogP) is 2.29. The normalized spacial score (nSPS) is 22.8. The molecule has 1 aromatic rings. The number of nitrogens with zero attached hydrogens (tertiary/aromatic N) is 2. The van der Waals surface area contributed by atoms with Gasteiger partial charge in [-0.3, -0.25) is 9.69 Å². The van der Waals surface area contributed by atoms with Gasteiger partial charge in [-0.25, -0.2) is 0 Å². The molecule has 110 valence electrons. The Morgan fingerprint density at radius 3 is 2.65 bits per heavy atom. The van der Waals surface area contributed by atoms with Gasteiger partial charge < -0.3 is 10.0 Å². The molecule has 2 fully saturated rings. The minimum Gasteiger partial charge on any atom is -0.481 e. The van der Waals surface area contributed by atoms with E-state index in [9.17, 15) is 4.79 Å². The highest BCUT2D eigenvalue weighted by Gasteiger charge is 2.37. The molecule has 1 saturated heterocycles. The number of carboxylic acid groups (broad SMARTS) is 1. The van der Waals surface area contributed by atoms with Crippen LogP contribution in [0.2, 0.25) is 0 Å². The van der Waals surface area contributed by atoms with Crippen LogP contribution in [0.25, 0.3) is 0 Å². The van der Waals surface area contributed by atoms with Gasteiger partial charge in [0.1, 0.15) is 0 Å². The van der Waals surface area contributed by atoms with E-state index < -0.39 is 5.97 Å². The van der Waals surface area contributed by atoms with E-state index in [-0.39, 0.29) is 6.42 Å². The maximum absolute atomic E-state index is 10.6. The number of thiophene rings is 1. The Hall–Kier alpha value is -0.910. The number of piperazine rings is 1. The summed E-state index contributed by atoms with van der Waals surface area (Å²) in [5.41, 5.74) is 0. The van der Waals surface area contributed by atoms with Gasteiger partial charge in [0.25, 0.3) is 0 Å². The molecule has 20 heavy (non-hydrogen) atoms. The van der Waals surface area contributed by atoms with Gasteiger partial charge in [0.2, 0.25) is 0 Å². The molecule has 2 aliphatic rings. The van der Waals surface area contributed by atoms with Crippen molar-refractivity contribution in [1.82, 2.24) is 9.80 Å². The van der Waals surface area contributed by atoms with Crippen LogP contribution < -0.4 is 0 Å². The third-order valence-electron chi connectivity index (χ3n) is 4.35. The minimum atomic E-state index is -0.693. The highest BCUT2D eigenvalue weighted by atomic mass is 32.1. The zero-order chi connectivity index (χ0) is 13.9. The lowest BCUT2D eigenvalue weighted by Gasteiger charge is -2.39. The lowest BCUT2D eigenvalue weighted by Crippen LogP contribution is -2.48. The van der Waals surface area contributed by atoms with Crippen molar-refractivity contribution in [2.45, 2.75) is 25.3 Å². The molecule has 0 aromatic carbocycles. The van der Waals surface area contributed by atoms with E-state index in [0.717, 1.165) is 32.1 Å². The van der Waals surface area contributed by atoms with Crippen LogP contribution in [-0.4, -0.2) is 53.6 Å². The molecular formula is C15H22N2O2S. The molecular weight excluding hydrogens is 272 g/mol. The third-order valence-corrected chi connectivity index (χ3v) is 5.29. The molecule has 0 radical (unpaired) electrons. The molecule has 0 amide bonds. The summed E-state index contributed by atoms with van der Waals surface area (Å²) < 4.78 is 0. The van der Waals surface area contributed by atoms with Crippen molar-refractivity contribution in [3.63, 3.8) is 0 Å². The van der Waals surface area contributed by atoms with Gasteiger partial charge in [-0.2, -0.15) is 0 Å². The molecule has 1 aliphatic carbocycles. The van der Waals surface area contributed by atoms with Crippen LogP contribution in [0, 0.1) is 5.92 Å². The first kappa shape index (κ1) is 14.0. The lowest BCUT2D eigenvalue weighted by molar-refractivity contribution is -0.137. The fourth-order valence-corrected chi connectivity index (χ4v) is 4.05. The fraction of sp³-hybridized carbons (Fsp3) is 0.667. The van der Waals surface area contributed by atoms with Crippen LogP contribution in [0.5, 0.6) is 0 Å². The Balaban J connectivity index is 1.55. The van der Waals surface area contributed by atoms with Crippen molar-refractivity contribution in [3.05, 3.63) is 22.4 Å². The molecule has 0 bridgehead atoms. The molecule has 0 spiro atoms. The van der Waals surface area contributed by atoms with E-state index in [4.69, 9.17) is 5.11 Å². The summed E-state index contributed by atoms with van der Waals surface area (Å²) in [6.07, 6.45) is 2.99. The first-order valence-electron chi connectivity index (χ1n) is 7.45. The van der Waals surface area contributed by atoms with E-state index in [2.05, 4.69) is 27.3 Å². The molecule has 1 saturated carbocycles. The summed E-state index contributed by atoms with van der Waals surface area (Å²) in [4.78, 5) is 17.0. The first-order chi connectivity index (χ1) is 9.74. The molecule has 1 N–H and O–H groups in total. The Kier molecular flexibility index (Phi) is 4.38. The molecule has 1 aliphatic heterocycles. The Morgan fingerprint density at radius 1 is 1.35 bits per heavy atom. The Labute approximate surface area is 124 Å². The second-order valence-corrected chi connectivity index (χ2v) is 6.80. The van der Waals surface area contributed by atoms with Gasteiger partial charge in [0.05, 0.1) is 6.42 Å². The Bertz CT molecular complexity index is 437. The van der Waals surface area contributed by atoms with Crippen LogP contribution in [0.4, 0.5) is 0 Å². The van der Waals surface area contributed by atoms with E-state index in [1.165, 1.54) is 17.7 Å². The fourth-order valence-electron chi connectivity index (χ4n) is 3.10. The monoisotopic (exact) mass is 294 g/mol. The second-order valence-electron chi connectivity index (χ2n) is 5.82. The second kappa shape index (κ2) is 6.24. The average Bonchev–Trinajstić information content (AvgIpc) is 3.13. The molecule has 3 rings (SSSR count). The first-order valence-corrected chi connectivity index (χ1v) is 8.33. The third kappa shape index (κ3) is 3.40. The van der Waals surface area contributed by atoms with Gasteiger partial charge in [-0.15, -0.1) is 11.3 Å². The van der Waals surface area contributed by atoms with Crippen LogP contribution in [0.3, 0.4) is 0 Å². The molecule has 4 nitrogen and oxygen atoms in total. The van der Waals surface area contributed by atoms with E-state index >= 15 is 0 Å². The van der Waals surface area contributed by atoms with Crippen LogP contribution in [0.1, 0.15) is 30.2 Å². The number of hydrogen-bond donors (Lipinski definition) is 1. The Morgan fingerprint density at radius 2 is 2.10 bits per heavy atom. The summed E-state index contributed by atoms with van der Waals surface area (Å²) in [5, 5.41) is 10.9. The number of rotatable bonds is 6. The largest absolute Gasteiger partial charge is 0.481 e. The zero-order valence-corrected chi connectivity index (χ0v) is 12.5. The number of aliphatic carboxylic acids is 1. The van der Waals surface area contributed by atoms with Gasteiger partial charge in [-0.1, -0.05) is 6.07 Å². The number of carboxylic acids is 1. The summed E-state index contributed by atoms with van der Waals surface area (Å²) in [5.74, 6) is 0.154.